The summed E-state index contributed by atoms with van der Waals surface area (Å²) in [7, 11) is -0.150. The predicted octanol–water partition coefficient (Wildman–Crippen LogP) is -1.29. The maximum atomic E-state index is 11.4. The Labute approximate surface area is 86.3 Å². The van der Waals surface area contributed by atoms with E-state index < -0.39 is 0 Å². The topological polar surface area (TPSA) is 17.1 Å². The molecule has 0 heterocycles. The highest BCUT2D eigenvalue weighted by molar-refractivity contribution is 8.10. The second-order valence-electron chi connectivity index (χ2n) is 2.47. The SMILES string of the molecule is C[S+](C)C(=O)c1ccccc1.[Br-]. The minimum absolute atomic E-state index is 0. The van der Waals surface area contributed by atoms with Crippen LogP contribution in [0.25, 0.3) is 0 Å². The van der Waals surface area contributed by atoms with Crippen molar-refractivity contribution in [2.24, 2.45) is 0 Å². The molecule has 0 fully saturated rings. The van der Waals surface area contributed by atoms with Crippen LogP contribution in [0.1, 0.15) is 10.4 Å². The van der Waals surface area contributed by atoms with Gasteiger partial charge in [-0.15, -0.1) is 0 Å². The summed E-state index contributed by atoms with van der Waals surface area (Å²) in [6.07, 6.45) is 3.88. The van der Waals surface area contributed by atoms with Crippen LogP contribution >= 0.6 is 0 Å². The third-order valence-electron chi connectivity index (χ3n) is 1.38. The highest BCUT2D eigenvalue weighted by Crippen LogP contribution is 2.03. The van der Waals surface area contributed by atoms with Crippen molar-refractivity contribution in [3.05, 3.63) is 35.9 Å². The van der Waals surface area contributed by atoms with Crippen molar-refractivity contribution in [1.82, 2.24) is 0 Å². The zero-order chi connectivity index (χ0) is 8.27. The van der Waals surface area contributed by atoms with E-state index in [-0.39, 0.29) is 33.0 Å². The van der Waals surface area contributed by atoms with Crippen molar-refractivity contribution >= 4 is 16.0 Å². The third kappa shape index (κ3) is 2.99. The summed E-state index contributed by atoms with van der Waals surface area (Å²) in [6.45, 7) is 0. The molecule has 1 aromatic carbocycles. The van der Waals surface area contributed by atoms with Gasteiger partial charge < -0.3 is 17.0 Å². The van der Waals surface area contributed by atoms with Gasteiger partial charge in [0.15, 0.2) is 0 Å². The standard InChI is InChI=1S/C9H11OS.BrH/c1-11(2)9(10)8-6-4-3-5-7-8;/h3-7H,1-2H3;1H/q+1;/p-1. The third-order valence-corrected chi connectivity index (χ3v) is 2.36. The molecule has 12 heavy (non-hydrogen) atoms. The van der Waals surface area contributed by atoms with E-state index in [4.69, 9.17) is 0 Å². The molecule has 0 atom stereocenters. The van der Waals surface area contributed by atoms with E-state index >= 15 is 0 Å². The van der Waals surface area contributed by atoms with Gasteiger partial charge in [0.05, 0.1) is 16.5 Å². The molecule has 0 saturated carbocycles. The van der Waals surface area contributed by atoms with E-state index in [0.717, 1.165) is 5.56 Å². The summed E-state index contributed by atoms with van der Waals surface area (Å²) in [4.78, 5) is 11.4. The van der Waals surface area contributed by atoms with Gasteiger partial charge in [0.1, 0.15) is 12.5 Å². The Bertz CT molecular complexity index is 246. The Morgan fingerprint density at radius 2 is 1.67 bits per heavy atom. The molecule has 1 aromatic rings. The van der Waals surface area contributed by atoms with E-state index in [1.165, 1.54) is 0 Å². The van der Waals surface area contributed by atoms with Crippen molar-refractivity contribution < 1.29 is 21.8 Å². The molecule has 0 aromatic heterocycles. The average Bonchev–Trinajstić information content (AvgIpc) is 2.05. The first-order chi connectivity index (χ1) is 5.22. The van der Waals surface area contributed by atoms with Crippen LogP contribution in [0.2, 0.25) is 0 Å². The Morgan fingerprint density at radius 1 is 1.17 bits per heavy atom. The molecule has 66 valence electrons. The van der Waals surface area contributed by atoms with Gasteiger partial charge in [-0.05, 0) is 12.1 Å². The van der Waals surface area contributed by atoms with Gasteiger partial charge >= 0.3 is 5.12 Å². The lowest BCUT2D eigenvalue weighted by molar-refractivity contribution is -0.00000900. The van der Waals surface area contributed by atoms with E-state index in [0.29, 0.717) is 0 Å². The van der Waals surface area contributed by atoms with Crippen LogP contribution in [0, 0.1) is 0 Å². The first kappa shape index (κ1) is 11.7. The molecule has 0 radical (unpaired) electrons. The maximum absolute atomic E-state index is 11.4. The molecular weight excluding hydrogens is 236 g/mol. The Hall–Kier alpha value is -0.280. The molecule has 0 aliphatic heterocycles. The fourth-order valence-electron chi connectivity index (χ4n) is 0.810. The number of rotatable bonds is 1. The minimum atomic E-state index is -0.150. The normalized spacial score (nSPS) is 9.25. The molecule has 0 amide bonds. The number of carbonyl (C=O) groups is 1. The molecule has 0 N–H and O–H groups in total. The molecule has 3 heteroatoms. The maximum Gasteiger partial charge on any atom is 0.361 e. The van der Waals surface area contributed by atoms with Gasteiger partial charge in [-0.3, -0.25) is 0 Å². The highest BCUT2D eigenvalue weighted by atomic mass is 79.9. The number of halogens is 1. The lowest BCUT2D eigenvalue weighted by atomic mass is 10.2. The summed E-state index contributed by atoms with van der Waals surface area (Å²) in [5.74, 6) is 0. The first-order valence-electron chi connectivity index (χ1n) is 3.39. The lowest BCUT2D eigenvalue weighted by Crippen LogP contribution is -3.00. The molecular formula is C9H11BrOS. The van der Waals surface area contributed by atoms with Crippen molar-refractivity contribution in [2.75, 3.05) is 12.5 Å². The van der Waals surface area contributed by atoms with E-state index in [9.17, 15) is 4.79 Å². The number of benzene rings is 1. The smallest absolute Gasteiger partial charge is 0.361 e. The zero-order valence-electron chi connectivity index (χ0n) is 7.08. The van der Waals surface area contributed by atoms with E-state index in [1.54, 1.807) is 0 Å². The molecule has 0 aliphatic rings. The van der Waals surface area contributed by atoms with Crippen LogP contribution in [0.5, 0.6) is 0 Å². The van der Waals surface area contributed by atoms with Crippen LogP contribution < -0.4 is 17.0 Å². The molecule has 0 bridgehead atoms. The van der Waals surface area contributed by atoms with Gasteiger partial charge in [-0.2, -0.15) is 0 Å². The predicted molar refractivity (Wildman–Crippen MR) is 50.0 cm³/mol. The Morgan fingerprint density at radius 3 is 2.08 bits per heavy atom. The van der Waals surface area contributed by atoms with Gasteiger partial charge in [-0.1, -0.05) is 18.2 Å². The second kappa shape index (κ2) is 5.38. The van der Waals surface area contributed by atoms with Crippen molar-refractivity contribution in [3.8, 4) is 0 Å². The quantitative estimate of drug-likeness (QED) is 0.564. The minimum Gasteiger partial charge on any atom is -1.00 e. The monoisotopic (exact) mass is 246 g/mol. The van der Waals surface area contributed by atoms with Gasteiger partial charge in [0.2, 0.25) is 0 Å². The molecule has 0 saturated heterocycles. The summed E-state index contributed by atoms with van der Waals surface area (Å²) in [6, 6.07) is 9.41. The summed E-state index contributed by atoms with van der Waals surface area (Å²) in [5.41, 5.74) is 0.820. The van der Waals surface area contributed by atoms with Crippen molar-refractivity contribution in [3.63, 3.8) is 0 Å². The molecule has 0 unspecified atom stereocenters. The number of hydrogen-bond donors (Lipinski definition) is 0. The van der Waals surface area contributed by atoms with Crippen molar-refractivity contribution in [2.45, 2.75) is 0 Å². The summed E-state index contributed by atoms with van der Waals surface area (Å²) < 4.78 is 0. The number of carbonyl (C=O) groups excluding carboxylic acids is 1. The van der Waals surface area contributed by atoms with Gasteiger partial charge in [0.25, 0.3) is 0 Å². The van der Waals surface area contributed by atoms with Crippen LogP contribution in [-0.4, -0.2) is 17.6 Å². The van der Waals surface area contributed by atoms with Crippen LogP contribution in [0.3, 0.4) is 0 Å². The fourth-order valence-corrected chi connectivity index (χ4v) is 1.42. The van der Waals surface area contributed by atoms with Gasteiger partial charge in [-0.25, -0.2) is 4.79 Å². The van der Waals surface area contributed by atoms with E-state index in [1.807, 2.05) is 42.8 Å². The summed E-state index contributed by atoms with van der Waals surface area (Å²) in [5, 5.41) is 0.241. The molecule has 0 spiro atoms. The van der Waals surface area contributed by atoms with E-state index in [2.05, 4.69) is 0 Å². The molecule has 1 rings (SSSR count). The highest BCUT2D eigenvalue weighted by Gasteiger charge is 2.18. The van der Waals surface area contributed by atoms with Gasteiger partial charge in [0, 0.05) is 0 Å². The Kier molecular flexibility index (Phi) is 5.25. The first-order valence-corrected chi connectivity index (χ1v) is 5.43. The van der Waals surface area contributed by atoms with Crippen molar-refractivity contribution in [1.29, 1.82) is 0 Å². The average molecular weight is 247 g/mol. The molecule has 0 aliphatic carbocycles. The largest absolute Gasteiger partial charge is 1.00 e. The molecule has 1 nitrogen and oxygen atoms in total. The van der Waals surface area contributed by atoms with Crippen LogP contribution in [0.15, 0.2) is 30.3 Å². The lowest BCUT2D eigenvalue weighted by Gasteiger charge is -1.93. The summed E-state index contributed by atoms with van der Waals surface area (Å²) >= 11 is 0. The second-order valence-corrected chi connectivity index (χ2v) is 4.47. The number of hydrogen-bond acceptors (Lipinski definition) is 1. The van der Waals surface area contributed by atoms with Crippen LogP contribution in [0.4, 0.5) is 0 Å². The zero-order valence-corrected chi connectivity index (χ0v) is 9.48. The van der Waals surface area contributed by atoms with Crippen LogP contribution in [-0.2, 0) is 10.9 Å². The fraction of sp³-hybridized carbons (Fsp3) is 0.222. The Balaban J connectivity index is 0.00000121.